The molecule has 2 aromatic rings. The van der Waals surface area contributed by atoms with Gasteiger partial charge in [0.2, 0.25) is 5.82 Å². The highest BCUT2D eigenvalue weighted by atomic mass is 35.5. The summed E-state index contributed by atoms with van der Waals surface area (Å²) in [6, 6.07) is 11.4. The third-order valence-electron chi connectivity index (χ3n) is 3.19. The molecule has 0 saturated heterocycles. The lowest BCUT2D eigenvalue weighted by Gasteiger charge is -2.14. The van der Waals surface area contributed by atoms with Gasteiger partial charge in [0, 0.05) is 23.7 Å². The van der Waals surface area contributed by atoms with Gasteiger partial charge in [-0.15, -0.1) is 0 Å². The van der Waals surface area contributed by atoms with Crippen molar-refractivity contribution in [3.05, 3.63) is 74.5 Å². The van der Waals surface area contributed by atoms with Crippen molar-refractivity contribution in [1.29, 1.82) is 0 Å². The van der Waals surface area contributed by atoms with Gasteiger partial charge in [0.05, 0.1) is 4.92 Å². The number of hydrogen-bond donors (Lipinski definition) is 1. The first-order chi connectivity index (χ1) is 9.97. The summed E-state index contributed by atoms with van der Waals surface area (Å²) in [7, 11) is 0. The van der Waals surface area contributed by atoms with Crippen LogP contribution in [-0.4, -0.2) is 4.92 Å². The molecular formula is C15H14ClFN2O2. The van der Waals surface area contributed by atoms with Crippen molar-refractivity contribution in [3.8, 4) is 0 Å². The molecule has 1 N–H and O–H groups in total. The van der Waals surface area contributed by atoms with Crippen LogP contribution in [0.2, 0.25) is 5.02 Å². The maximum Gasteiger partial charge on any atom is 0.304 e. The van der Waals surface area contributed by atoms with Gasteiger partial charge >= 0.3 is 5.69 Å². The van der Waals surface area contributed by atoms with E-state index < -0.39 is 16.4 Å². The summed E-state index contributed by atoms with van der Waals surface area (Å²) in [4.78, 5) is 9.82. The van der Waals surface area contributed by atoms with Crippen LogP contribution in [0.3, 0.4) is 0 Å². The van der Waals surface area contributed by atoms with Crippen LogP contribution >= 0.6 is 11.6 Å². The van der Waals surface area contributed by atoms with Gasteiger partial charge in [0.25, 0.3) is 0 Å². The molecule has 0 spiro atoms. The second kappa shape index (κ2) is 6.65. The molecule has 0 aliphatic carbocycles. The van der Waals surface area contributed by atoms with Crippen LogP contribution in [0.4, 0.5) is 10.1 Å². The number of halogens is 2. The molecular weight excluding hydrogens is 295 g/mol. The highest BCUT2D eigenvalue weighted by Gasteiger charge is 2.14. The molecule has 4 nitrogen and oxygen atoms in total. The zero-order valence-corrected chi connectivity index (χ0v) is 12.1. The third-order valence-corrected chi connectivity index (χ3v) is 3.44. The van der Waals surface area contributed by atoms with Gasteiger partial charge in [-0.25, -0.2) is 0 Å². The average molecular weight is 309 g/mol. The Kier molecular flexibility index (Phi) is 4.88. The monoisotopic (exact) mass is 308 g/mol. The number of rotatable bonds is 5. The lowest BCUT2D eigenvalue weighted by atomic mass is 10.1. The predicted molar refractivity (Wildman–Crippen MR) is 79.8 cm³/mol. The Balaban J connectivity index is 2.01. The molecule has 21 heavy (non-hydrogen) atoms. The Labute approximate surface area is 126 Å². The largest absolute Gasteiger partial charge is 0.306 e. The van der Waals surface area contributed by atoms with Crippen molar-refractivity contribution in [2.75, 3.05) is 0 Å². The normalized spacial score (nSPS) is 12.1. The van der Waals surface area contributed by atoms with Crippen molar-refractivity contribution in [2.45, 2.75) is 19.5 Å². The van der Waals surface area contributed by atoms with Gasteiger partial charge < -0.3 is 5.32 Å². The smallest absolute Gasteiger partial charge is 0.304 e. The van der Waals surface area contributed by atoms with Crippen molar-refractivity contribution < 1.29 is 9.31 Å². The summed E-state index contributed by atoms with van der Waals surface area (Å²) in [5.41, 5.74) is 1.20. The van der Waals surface area contributed by atoms with Gasteiger partial charge in [-0.3, -0.25) is 10.1 Å². The van der Waals surface area contributed by atoms with Crippen LogP contribution in [0.5, 0.6) is 0 Å². The van der Waals surface area contributed by atoms with E-state index in [0.29, 0.717) is 17.1 Å². The van der Waals surface area contributed by atoms with Crippen LogP contribution in [0.15, 0.2) is 42.5 Å². The Hall–Kier alpha value is -1.98. The quantitative estimate of drug-likeness (QED) is 0.664. The number of benzene rings is 2. The van der Waals surface area contributed by atoms with Crippen molar-refractivity contribution in [1.82, 2.24) is 5.32 Å². The minimum atomic E-state index is -0.821. The van der Waals surface area contributed by atoms with Gasteiger partial charge in [0.15, 0.2) is 0 Å². The molecule has 0 aliphatic rings. The maximum atomic E-state index is 13.5. The van der Waals surface area contributed by atoms with Crippen LogP contribution in [0.25, 0.3) is 0 Å². The van der Waals surface area contributed by atoms with E-state index in [2.05, 4.69) is 5.32 Å². The van der Waals surface area contributed by atoms with E-state index in [1.807, 2.05) is 19.1 Å². The summed E-state index contributed by atoms with van der Waals surface area (Å²) >= 11 is 5.83. The maximum absolute atomic E-state index is 13.5. The number of nitrogens with one attached hydrogen (secondary N) is 1. The Morgan fingerprint density at radius 3 is 2.52 bits per heavy atom. The first-order valence-corrected chi connectivity index (χ1v) is 6.77. The SMILES string of the molecule is CC(NCc1ccc([N+](=O)[O-])c(F)c1)c1ccc(Cl)cc1. The summed E-state index contributed by atoms with van der Waals surface area (Å²) in [5, 5.41) is 14.5. The molecule has 1 atom stereocenters. The first-order valence-electron chi connectivity index (χ1n) is 6.39. The fourth-order valence-electron chi connectivity index (χ4n) is 1.95. The zero-order chi connectivity index (χ0) is 15.4. The topological polar surface area (TPSA) is 55.2 Å². The molecule has 0 bridgehead atoms. The van der Waals surface area contributed by atoms with E-state index in [-0.39, 0.29) is 6.04 Å². The van der Waals surface area contributed by atoms with Crippen LogP contribution in [0.1, 0.15) is 24.1 Å². The predicted octanol–water partition coefficient (Wildman–Crippen LogP) is 4.24. The lowest BCUT2D eigenvalue weighted by Crippen LogP contribution is -2.18. The van der Waals surface area contributed by atoms with E-state index in [1.165, 1.54) is 12.1 Å². The van der Waals surface area contributed by atoms with E-state index in [4.69, 9.17) is 11.6 Å². The number of nitrogens with zero attached hydrogens (tertiary/aromatic N) is 1. The van der Waals surface area contributed by atoms with Gasteiger partial charge in [-0.05, 0) is 36.2 Å². The third kappa shape index (κ3) is 4.00. The number of nitro groups is 1. The minimum absolute atomic E-state index is 0.0560. The second-order valence-electron chi connectivity index (χ2n) is 4.70. The van der Waals surface area contributed by atoms with E-state index in [1.54, 1.807) is 18.2 Å². The fourth-order valence-corrected chi connectivity index (χ4v) is 2.07. The highest BCUT2D eigenvalue weighted by molar-refractivity contribution is 6.30. The van der Waals surface area contributed by atoms with E-state index in [0.717, 1.165) is 5.56 Å². The molecule has 0 aromatic heterocycles. The number of nitro benzene ring substituents is 1. The van der Waals surface area contributed by atoms with Gasteiger partial charge in [0.1, 0.15) is 0 Å². The van der Waals surface area contributed by atoms with Gasteiger partial charge in [-0.2, -0.15) is 4.39 Å². The molecule has 1 unspecified atom stereocenters. The lowest BCUT2D eigenvalue weighted by molar-refractivity contribution is -0.387. The van der Waals surface area contributed by atoms with E-state index >= 15 is 0 Å². The zero-order valence-electron chi connectivity index (χ0n) is 11.3. The summed E-state index contributed by atoms with van der Waals surface area (Å²) in [6.45, 7) is 2.39. The summed E-state index contributed by atoms with van der Waals surface area (Å²) in [5.74, 6) is -0.821. The van der Waals surface area contributed by atoms with Crippen molar-refractivity contribution in [2.24, 2.45) is 0 Å². The Morgan fingerprint density at radius 2 is 1.95 bits per heavy atom. The minimum Gasteiger partial charge on any atom is -0.306 e. The van der Waals surface area contributed by atoms with Crippen molar-refractivity contribution >= 4 is 17.3 Å². The van der Waals surface area contributed by atoms with Crippen molar-refractivity contribution in [3.63, 3.8) is 0 Å². The molecule has 2 aromatic carbocycles. The molecule has 0 aliphatic heterocycles. The molecule has 0 radical (unpaired) electrons. The summed E-state index contributed by atoms with van der Waals surface area (Å²) in [6.07, 6.45) is 0. The molecule has 2 rings (SSSR count). The number of hydrogen-bond acceptors (Lipinski definition) is 3. The average Bonchev–Trinajstić information content (AvgIpc) is 2.45. The standard InChI is InChI=1S/C15H14ClFN2O2/c1-10(12-3-5-13(16)6-4-12)18-9-11-2-7-15(19(20)21)14(17)8-11/h2-8,10,18H,9H2,1H3. The molecule has 0 saturated carbocycles. The first kappa shape index (κ1) is 15.4. The van der Waals surface area contributed by atoms with E-state index in [9.17, 15) is 14.5 Å². The highest BCUT2D eigenvalue weighted by Crippen LogP contribution is 2.19. The van der Waals surface area contributed by atoms with Crippen LogP contribution in [0, 0.1) is 15.9 Å². The Morgan fingerprint density at radius 1 is 1.29 bits per heavy atom. The molecule has 6 heteroatoms. The second-order valence-corrected chi connectivity index (χ2v) is 5.13. The fraction of sp³-hybridized carbons (Fsp3) is 0.200. The Bertz CT molecular complexity index is 647. The van der Waals surface area contributed by atoms with Crippen LogP contribution < -0.4 is 5.32 Å². The molecule has 0 amide bonds. The summed E-state index contributed by atoms with van der Waals surface area (Å²) < 4.78 is 13.5. The van der Waals surface area contributed by atoms with Crippen LogP contribution in [-0.2, 0) is 6.54 Å². The molecule has 110 valence electrons. The molecule has 0 fully saturated rings. The van der Waals surface area contributed by atoms with Gasteiger partial charge in [-0.1, -0.05) is 29.8 Å². The molecule has 0 heterocycles.